The van der Waals surface area contributed by atoms with Crippen LogP contribution in [0.2, 0.25) is 0 Å². The standard InChI is InChI=1S/C27H28FN3O4S/c1-4-34-21-13-17(7-10-20(21)35-27(33)16-5-8-18(28)9-6-16)24-29-25(32)23-19-11-12-31(15(2)3)14-22(19)36-26(23)30-24/h5-10,13,15,24,30H,4,11-12,14H2,1-3H3,(H,29,32)/t24-/m1/s1. The predicted octanol–water partition coefficient (Wildman–Crippen LogP) is 5.13. The lowest BCUT2D eigenvalue weighted by molar-refractivity contribution is 0.0728. The van der Waals surface area contributed by atoms with Crippen LogP contribution in [0.1, 0.15) is 63.7 Å². The average molecular weight is 510 g/mol. The van der Waals surface area contributed by atoms with Gasteiger partial charge in [0.25, 0.3) is 5.91 Å². The van der Waals surface area contributed by atoms with E-state index in [9.17, 15) is 14.0 Å². The zero-order valence-electron chi connectivity index (χ0n) is 20.4. The molecule has 0 aliphatic carbocycles. The van der Waals surface area contributed by atoms with Crippen molar-refractivity contribution in [1.82, 2.24) is 10.2 Å². The van der Waals surface area contributed by atoms with Crippen LogP contribution >= 0.6 is 11.3 Å². The summed E-state index contributed by atoms with van der Waals surface area (Å²) in [7, 11) is 0. The van der Waals surface area contributed by atoms with E-state index in [1.54, 1.807) is 29.5 Å². The molecular formula is C27H28FN3O4S. The van der Waals surface area contributed by atoms with E-state index in [-0.39, 0.29) is 17.2 Å². The van der Waals surface area contributed by atoms with Crippen LogP contribution in [0.25, 0.3) is 0 Å². The van der Waals surface area contributed by atoms with Gasteiger partial charge in [0.1, 0.15) is 17.0 Å². The van der Waals surface area contributed by atoms with Gasteiger partial charge >= 0.3 is 5.97 Å². The van der Waals surface area contributed by atoms with Crippen molar-refractivity contribution in [3.05, 3.63) is 75.4 Å². The summed E-state index contributed by atoms with van der Waals surface area (Å²) in [6.07, 6.45) is 0.411. The van der Waals surface area contributed by atoms with Crippen LogP contribution in [0.15, 0.2) is 42.5 Å². The topological polar surface area (TPSA) is 79.9 Å². The van der Waals surface area contributed by atoms with Crippen LogP contribution in [-0.4, -0.2) is 36.0 Å². The molecule has 1 atom stereocenters. The highest BCUT2D eigenvalue weighted by Crippen LogP contribution is 2.42. The molecule has 9 heteroatoms. The van der Waals surface area contributed by atoms with Crippen molar-refractivity contribution in [3.63, 3.8) is 0 Å². The van der Waals surface area contributed by atoms with Crippen molar-refractivity contribution < 1.29 is 23.5 Å². The average Bonchev–Trinajstić information content (AvgIpc) is 3.23. The second kappa shape index (κ2) is 9.91. The summed E-state index contributed by atoms with van der Waals surface area (Å²) < 4.78 is 24.5. The maximum absolute atomic E-state index is 13.2. The number of esters is 1. The number of hydrogen-bond acceptors (Lipinski definition) is 7. The maximum atomic E-state index is 13.2. The molecule has 3 aromatic rings. The minimum atomic E-state index is -0.614. The summed E-state index contributed by atoms with van der Waals surface area (Å²) in [5, 5.41) is 7.42. The fourth-order valence-corrected chi connectivity index (χ4v) is 5.84. The first-order chi connectivity index (χ1) is 17.3. The Morgan fingerprint density at radius 1 is 1.17 bits per heavy atom. The van der Waals surface area contributed by atoms with Crippen LogP contribution in [0, 0.1) is 5.82 Å². The normalized spacial score (nSPS) is 17.1. The first-order valence-corrected chi connectivity index (χ1v) is 12.9. The third-order valence-corrected chi connectivity index (χ3v) is 7.63. The Balaban J connectivity index is 1.38. The van der Waals surface area contributed by atoms with Crippen molar-refractivity contribution in [2.24, 2.45) is 0 Å². The molecule has 1 amide bonds. The van der Waals surface area contributed by atoms with E-state index in [2.05, 4.69) is 29.4 Å². The first kappa shape index (κ1) is 24.3. The monoisotopic (exact) mass is 509 g/mol. The Labute approximate surface area is 213 Å². The van der Waals surface area contributed by atoms with Gasteiger partial charge in [-0.3, -0.25) is 9.69 Å². The van der Waals surface area contributed by atoms with Gasteiger partial charge in [-0.1, -0.05) is 6.07 Å². The Bertz CT molecular complexity index is 1310. The number of nitrogens with zero attached hydrogens (tertiary/aromatic N) is 1. The Morgan fingerprint density at radius 3 is 2.67 bits per heavy atom. The van der Waals surface area contributed by atoms with Gasteiger partial charge in [0.15, 0.2) is 11.5 Å². The van der Waals surface area contributed by atoms with Crippen LogP contribution in [0.5, 0.6) is 11.5 Å². The summed E-state index contributed by atoms with van der Waals surface area (Å²) in [4.78, 5) is 29.3. The van der Waals surface area contributed by atoms with Crippen LogP contribution < -0.4 is 20.1 Å². The van der Waals surface area contributed by atoms with E-state index >= 15 is 0 Å². The molecular weight excluding hydrogens is 481 g/mol. The summed E-state index contributed by atoms with van der Waals surface area (Å²) in [6.45, 7) is 8.38. The van der Waals surface area contributed by atoms with Crippen LogP contribution in [0.3, 0.4) is 0 Å². The number of amides is 1. The molecule has 0 unspecified atom stereocenters. The Kier molecular flexibility index (Phi) is 6.68. The number of fused-ring (bicyclic) bond motifs is 3. The summed E-state index contributed by atoms with van der Waals surface area (Å²) >= 11 is 1.64. The van der Waals surface area contributed by atoms with Crippen LogP contribution in [-0.2, 0) is 13.0 Å². The molecule has 2 aliphatic heterocycles. The van der Waals surface area contributed by atoms with Gasteiger partial charge in [-0.15, -0.1) is 11.3 Å². The number of carbonyl (C=O) groups is 2. The number of carbonyl (C=O) groups excluding carboxylic acids is 2. The highest BCUT2D eigenvalue weighted by Gasteiger charge is 2.34. The minimum absolute atomic E-state index is 0.0889. The maximum Gasteiger partial charge on any atom is 0.343 e. The number of nitrogens with one attached hydrogen (secondary N) is 2. The van der Waals surface area contributed by atoms with E-state index in [1.807, 2.05) is 6.92 Å². The van der Waals surface area contributed by atoms with Crippen LogP contribution in [0.4, 0.5) is 9.39 Å². The molecule has 0 spiro atoms. The Hall–Kier alpha value is -3.43. The molecule has 188 valence electrons. The van der Waals surface area contributed by atoms with E-state index in [1.165, 1.54) is 29.1 Å². The van der Waals surface area contributed by atoms with Gasteiger partial charge < -0.3 is 20.1 Å². The number of halogens is 1. The molecule has 0 fully saturated rings. The second-order valence-electron chi connectivity index (χ2n) is 9.11. The Morgan fingerprint density at radius 2 is 1.94 bits per heavy atom. The predicted molar refractivity (Wildman–Crippen MR) is 136 cm³/mol. The number of thiophene rings is 1. The van der Waals surface area contributed by atoms with E-state index < -0.39 is 18.0 Å². The van der Waals surface area contributed by atoms with E-state index in [4.69, 9.17) is 9.47 Å². The lowest BCUT2D eigenvalue weighted by atomic mass is 9.99. The lowest BCUT2D eigenvalue weighted by Crippen LogP contribution is -2.39. The SMILES string of the molecule is CCOc1cc([C@@H]2NC(=O)c3c(sc4c3CCN(C(C)C)C4)N2)ccc1OC(=O)c1ccc(F)cc1. The largest absolute Gasteiger partial charge is 0.490 e. The fraction of sp³-hybridized carbons (Fsp3) is 0.333. The molecule has 0 bridgehead atoms. The lowest BCUT2D eigenvalue weighted by Gasteiger charge is -2.31. The van der Waals surface area contributed by atoms with Gasteiger partial charge in [-0.2, -0.15) is 0 Å². The highest BCUT2D eigenvalue weighted by molar-refractivity contribution is 7.16. The molecule has 0 radical (unpaired) electrons. The fourth-order valence-electron chi connectivity index (χ4n) is 4.54. The number of rotatable bonds is 6. The molecule has 7 nitrogen and oxygen atoms in total. The number of benzene rings is 2. The summed E-state index contributed by atoms with van der Waals surface area (Å²) in [5.41, 5.74) is 2.90. The first-order valence-electron chi connectivity index (χ1n) is 12.0. The smallest absolute Gasteiger partial charge is 0.343 e. The molecule has 36 heavy (non-hydrogen) atoms. The quantitative estimate of drug-likeness (QED) is 0.355. The highest BCUT2D eigenvalue weighted by atomic mass is 32.1. The number of hydrogen-bond donors (Lipinski definition) is 2. The molecule has 5 rings (SSSR count). The minimum Gasteiger partial charge on any atom is -0.490 e. The van der Waals surface area contributed by atoms with Crippen molar-refractivity contribution in [3.8, 4) is 11.5 Å². The molecule has 0 saturated carbocycles. The van der Waals surface area contributed by atoms with Gasteiger partial charge in [0.05, 0.1) is 17.7 Å². The molecule has 3 heterocycles. The third-order valence-electron chi connectivity index (χ3n) is 6.48. The van der Waals surface area contributed by atoms with Gasteiger partial charge in [-0.05, 0) is 74.7 Å². The van der Waals surface area contributed by atoms with Crippen molar-refractivity contribution in [2.45, 2.75) is 45.9 Å². The molecule has 0 saturated heterocycles. The van der Waals surface area contributed by atoms with E-state index in [0.29, 0.717) is 18.4 Å². The summed E-state index contributed by atoms with van der Waals surface area (Å²) in [5.74, 6) is -0.505. The van der Waals surface area contributed by atoms with Crippen molar-refractivity contribution >= 4 is 28.2 Å². The van der Waals surface area contributed by atoms with Crippen molar-refractivity contribution in [1.29, 1.82) is 0 Å². The number of anilines is 1. The van der Waals surface area contributed by atoms with Gasteiger partial charge in [-0.25, -0.2) is 9.18 Å². The molecule has 2 aromatic carbocycles. The zero-order chi connectivity index (χ0) is 25.4. The molecule has 1 aromatic heterocycles. The molecule has 2 N–H and O–H groups in total. The third kappa shape index (κ3) is 4.68. The number of ether oxygens (including phenoxy) is 2. The van der Waals surface area contributed by atoms with Crippen molar-refractivity contribution in [2.75, 3.05) is 18.5 Å². The second-order valence-corrected chi connectivity index (χ2v) is 10.2. The zero-order valence-corrected chi connectivity index (χ0v) is 21.2. The van der Waals surface area contributed by atoms with Gasteiger partial charge in [0, 0.05) is 24.0 Å². The van der Waals surface area contributed by atoms with Gasteiger partial charge in [0.2, 0.25) is 0 Å². The molecule has 2 aliphatic rings. The van der Waals surface area contributed by atoms with E-state index in [0.717, 1.165) is 41.2 Å². The summed E-state index contributed by atoms with van der Waals surface area (Å²) in [6, 6.07) is 10.8.